The maximum atomic E-state index is 10.4. The van der Waals surface area contributed by atoms with Gasteiger partial charge in [0, 0.05) is 12.4 Å². The molecule has 0 aromatic heterocycles. The zero-order chi connectivity index (χ0) is 14.4. The van der Waals surface area contributed by atoms with Gasteiger partial charge in [-0.15, -0.1) is 0 Å². The fourth-order valence-corrected chi connectivity index (χ4v) is 2.69. The maximum Gasteiger partial charge on any atom is 0.142 e. The second kappa shape index (κ2) is 7.14. The average Bonchev–Trinajstić information content (AvgIpc) is 2.47. The molecule has 0 radical (unpaired) electrons. The summed E-state index contributed by atoms with van der Waals surface area (Å²) in [6, 6.07) is 8.06. The molecule has 0 spiro atoms. The number of benzene rings is 1. The van der Waals surface area contributed by atoms with Crippen LogP contribution in [0.4, 0.5) is 5.69 Å². The van der Waals surface area contributed by atoms with Crippen molar-refractivity contribution in [2.45, 2.75) is 12.8 Å². The topological polar surface area (TPSA) is 57.0 Å². The van der Waals surface area contributed by atoms with E-state index in [2.05, 4.69) is 11.0 Å². The van der Waals surface area contributed by atoms with E-state index in [1.165, 1.54) is 4.90 Å². The lowest BCUT2D eigenvalue weighted by Gasteiger charge is -2.34. The van der Waals surface area contributed by atoms with E-state index < -0.39 is 5.97 Å². The van der Waals surface area contributed by atoms with Crippen molar-refractivity contribution in [3.8, 4) is 5.75 Å². The quantitative estimate of drug-likeness (QED) is 0.720. The minimum atomic E-state index is -0.947. The summed E-state index contributed by atoms with van der Waals surface area (Å²) in [5.74, 6) is -0.0371. The van der Waals surface area contributed by atoms with Gasteiger partial charge in [0.25, 0.3) is 0 Å². The van der Waals surface area contributed by atoms with Crippen molar-refractivity contribution in [1.29, 1.82) is 0 Å². The van der Waals surface area contributed by atoms with Crippen LogP contribution in [0.25, 0.3) is 0 Å². The fraction of sp³-hybridized carbons (Fsp3) is 0.533. The number of carbonyl (C=O) groups excluding carboxylic acids is 1. The normalized spacial score (nSPS) is 16.1. The molecule has 5 heteroatoms. The molecule has 1 heterocycles. The van der Waals surface area contributed by atoms with E-state index in [0.29, 0.717) is 6.42 Å². The van der Waals surface area contributed by atoms with E-state index in [1.807, 2.05) is 18.2 Å². The molecule has 1 aromatic carbocycles. The molecule has 1 aliphatic heterocycles. The number of para-hydroxylation sites is 2. The molecule has 0 amide bonds. The fourth-order valence-electron chi connectivity index (χ4n) is 2.69. The lowest BCUT2D eigenvalue weighted by Crippen LogP contribution is -3.14. The molecule has 1 aromatic rings. The molecule has 1 fully saturated rings. The Bertz CT molecular complexity index is 442. The van der Waals surface area contributed by atoms with Crippen LogP contribution in [0.3, 0.4) is 0 Å². The second-order valence-corrected chi connectivity index (χ2v) is 5.13. The Kier molecular flexibility index (Phi) is 5.24. The monoisotopic (exact) mass is 278 g/mol. The third-order valence-electron chi connectivity index (χ3n) is 3.81. The molecule has 1 aliphatic rings. The number of hydrogen-bond donors (Lipinski definition) is 1. The molecule has 110 valence electrons. The SMILES string of the molecule is COc1ccccc1N1CC[NH+](CCCC(=O)[O-])CC1. The number of carboxylic acids is 1. The highest BCUT2D eigenvalue weighted by atomic mass is 16.5. The molecule has 1 saturated heterocycles. The van der Waals surface area contributed by atoms with Crippen LogP contribution in [0.2, 0.25) is 0 Å². The van der Waals surface area contributed by atoms with Gasteiger partial charge in [-0.1, -0.05) is 12.1 Å². The predicted octanol–water partition coefficient (Wildman–Crippen LogP) is -1.07. The third kappa shape index (κ3) is 3.87. The van der Waals surface area contributed by atoms with Crippen LogP contribution < -0.4 is 19.6 Å². The number of rotatable bonds is 6. The first-order chi connectivity index (χ1) is 9.70. The van der Waals surface area contributed by atoms with Gasteiger partial charge in [-0.05, 0) is 18.6 Å². The van der Waals surface area contributed by atoms with Gasteiger partial charge in [0.05, 0.1) is 45.5 Å². The van der Waals surface area contributed by atoms with Crippen molar-refractivity contribution in [3.63, 3.8) is 0 Å². The molecule has 0 atom stereocenters. The number of quaternary nitrogens is 1. The standard InChI is InChI=1S/C15H22N2O3/c1-20-14-6-3-2-5-13(14)17-11-9-16(10-12-17)8-4-7-15(18)19/h2-3,5-6H,4,7-12H2,1H3,(H,18,19). The highest BCUT2D eigenvalue weighted by Crippen LogP contribution is 2.27. The summed E-state index contributed by atoms with van der Waals surface area (Å²) < 4.78 is 5.40. The van der Waals surface area contributed by atoms with E-state index in [-0.39, 0.29) is 6.42 Å². The smallest absolute Gasteiger partial charge is 0.142 e. The molecule has 1 N–H and O–H groups in total. The van der Waals surface area contributed by atoms with Gasteiger partial charge in [0.2, 0.25) is 0 Å². The van der Waals surface area contributed by atoms with E-state index in [1.54, 1.807) is 7.11 Å². The van der Waals surface area contributed by atoms with Gasteiger partial charge in [-0.2, -0.15) is 0 Å². The number of hydrogen-bond acceptors (Lipinski definition) is 4. The molecule has 5 nitrogen and oxygen atoms in total. The van der Waals surface area contributed by atoms with Crippen LogP contribution in [0.5, 0.6) is 5.75 Å². The van der Waals surface area contributed by atoms with E-state index in [4.69, 9.17) is 4.74 Å². The lowest BCUT2D eigenvalue weighted by atomic mass is 10.2. The van der Waals surface area contributed by atoms with Crippen LogP contribution in [0.1, 0.15) is 12.8 Å². The molecular weight excluding hydrogens is 256 g/mol. The van der Waals surface area contributed by atoms with Crippen LogP contribution in [-0.2, 0) is 4.79 Å². The lowest BCUT2D eigenvalue weighted by molar-refractivity contribution is -0.900. The van der Waals surface area contributed by atoms with Gasteiger partial charge >= 0.3 is 0 Å². The Morgan fingerprint density at radius 1 is 1.35 bits per heavy atom. The average molecular weight is 278 g/mol. The number of aliphatic carboxylic acids is 1. The molecule has 0 bridgehead atoms. The summed E-state index contributed by atoms with van der Waals surface area (Å²) in [5.41, 5.74) is 1.14. The summed E-state index contributed by atoms with van der Waals surface area (Å²) >= 11 is 0. The van der Waals surface area contributed by atoms with Crippen molar-refractivity contribution in [2.75, 3.05) is 44.7 Å². The van der Waals surface area contributed by atoms with Gasteiger partial charge < -0.3 is 24.4 Å². The number of anilines is 1. The Balaban J connectivity index is 1.83. The highest BCUT2D eigenvalue weighted by molar-refractivity contribution is 5.64. The van der Waals surface area contributed by atoms with E-state index >= 15 is 0 Å². The summed E-state index contributed by atoms with van der Waals surface area (Å²) in [6.07, 6.45) is 0.867. The van der Waals surface area contributed by atoms with Crippen molar-refractivity contribution in [2.24, 2.45) is 0 Å². The highest BCUT2D eigenvalue weighted by Gasteiger charge is 2.21. The van der Waals surface area contributed by atoms with Crippen molar-refractivity contribution in [1.82, 2.24) is 0 Å². The summed E-state index contributed by atoms with van der Waals surface area (Å²) in [4.78, 5) is 14.2. The van der Waals surface area contributed by atoms with Crippen LogP contribution >= 0.6 is 0 Å². The summed E-state index contributed by atoms with van der Waals surface area (Å²) in [7, 11) is 1.69. The molecule has 0 aliphatic carbocycles. The first kappa shape index (κ1) is 14.7. The first-order valence-corrected chi connectivity index (χ1v) is 7.12. The predicted molar refractivity (Wildman–Crippen MR) is 75.0 cm³/mol. The first-order valence-electron chi connectivity index (χ1n) is 7.12. The van der Waals surface area contributed by atoms with Crippen LogP contribution in [-0.4, -0.2) is 45.8 Å². The number of nitrogens with one attached hydrogen (secondary N) is 1. The Hall–Kier alpha value is -1.75. The van der Waals surface area contributed by atoms with Gasteiger partial charge in [0.15, 0.2) is 0 Å². The number of carboxylic acid groups (broad SMARTS) is 1. The molecule has 2 rings (SSSR count). The van der Waals surface area contributed by atoms with E-state index in [9.17, 15) is 9.90 Å². The van der Waals surface area contributed by atoms with E-state index in [0.717, 1.165) is 44.2 Å². The van der Waals surface area contributed by atoms with Gasteiger partial charge in [0.1, 0.15) is 5.75 Å². The second-order valence-electron chi connectivity index (χ2n) is 5.13. The maximum absolute atomic E-state index is 10.4. The zero-order valence-corrected chi connectivity index (χ0v) is 11.9. The largest absolute Gasteiger partial charge is 0.550 e. The third-order valence-corrected chi connectivity index (χ3v) is 3.81. The van der Waals surface area contributed by atoms with Crippen molar-refractivity contribution >= 4 is 11.7 Å². The molecule has 0 unspecified atom stereocenters. The van der Waals surface area contributed by atoms with Gasteiger partial charge in [-0.25, -0.2) is 0 Å². The number of nitrogens with zero attached hydrogens (tertiary/aromatic N) is 1. The van der Waals surface area contributed by atoms with Crippen molar-refractivity contribution in [3.05, 3.63) is 24.3 Å². The minimum Gasteiger partial charge on any atom is -0.550 e. The zero-order valence-electron chi connectivity index (χ0n) is 11.9. The molecule has 0 saturated carbocycles. The molecular formula is C15H22N2O3. The summed E-state index contributed by atoms with van der Waals surface area (Å²) in [6.45, 7) is 4.92. The number of methoxy groups -OCH3 is 1. The van der Waals surface area contributed by atoms with Crippen molar-refractivity contribution < 1.29 is 19.5 Å². The Morgan fingerprint density at radius 2 is 2.05 bits per heavy atom. The number of carbonyl (C=O) groups is 1. The van der Waals surface area contributed by atoms with Crippen LogP contribution in [0.15, 0.2) is 24.3 Å². The number of ether oxygens (including phenoxy) is 1. The Morgan fingerprint density at radius 3 is 2.70 bits per heavy atom. The minimum absolute atomic E-state index is 0.166. The molecule has 20 heavy (non-hydrogen) atoms. The number of piperazine rings is 1. The Labute approximate surface area is 119 Å². The van der Waals surface area contributed by atoms with Crippen LogP contribution in [0, 0.1) is 0 Å². The van der Waals surface area contributed by atoms with Gasteiger partial charge in [-0.3, -0.25) is 0 Å². The summed E-state index contributed by atoms with van der Waals surface area (Å²) in [5, 5.41) is 10.4.